The molecule has 1 rings (SSSR count). The van der Waals surface area contributed by atoms with Crippen molar-refractivity contribution in [1.29, 1.82) is 0 Å². The summed E-state index contributed by atoms with van der Waals surface area (Å²) in [4.78, 5) is 23.7. The average molecular weight is 236 g/mol. The molecule has 0 atom stereocenters. The maximum atomic E-state index is 11.4. The third kappa shape index (κ3) is 3.79. The lowest BCUT2D eigenvalue weighted by atomic mass is 10.2. The van der Waals surface area contributed by atoms with Crippen LogP contribution in [0.25, 0.3) is 0 Å². The molecule has 92 valence electrons. The van der Waals surface area contributed by atoms with E-state index in [1.807, 2.05) is 0 Å². The number of carbonyl (C=O) groups excluding carboxylic acids is 2. The topological polar surface area (TPSA) is 58.6 Å². The highest BCUT2D eigenvalue weighted by Crippen LogP contribution is 2.17. The Hall–Kier alpha value is -2.04. The fourth-order valence-electron chi connectivity index (χ4n) is 1.30. The number of hydrogen-bond donors (Lipinski definition) is 1. The highest BCUT2D eigenvalue weighted by molar-refractivity contribution is 5.90. The number of nitrogens with zero attached hydrogens (tertiary/aromatic N) is 1. The number of rotatable bonds is 3. The molecule has 0 bridgehead atoms. The third-order valence-corrected chi connectivity index (χ3v) is 2.12. The van der Waals surface area contributed by atoms with Crippen LogP contribution in [0.2, 0.25) is 0 Å². The van der Waals surface area contributed by atoms with E-state index >= 15 is 0 Å². The zero-order valence-corrected chi connectivity index (χ0v) is 10.2. The first kappa shape index (κ1) is 13.0. The number of nitrogens with one attached hydrogen (secondary N) is 1. The molecular formula is C12H16N2O3. The molecule has 0 aliphatic carbocycles. The molecule has 0 saturated carbocycles. The van der Waals surface area contributed by atoms with Gasteiger partial charge in [-0.2, -0.15) is 0 Å². The van der Waals surface area contributed by atoms with Gasteiger partial charge in [0.15, 0.2) is 0 Å². The zero-order chi connectivity index (χ0) is 12.8. The first-order valence-electron chi connectivity index (χ1n) is 5.32. The van der Waals surface area contributed by atoms with Crippen LogP contribution in [0.1, 0.15) is 13.8 Å². The van der Waals surface area contributed by atoms with Crippen LogP contribution in [-0.4, -0.2) is 25.7 Å². The van der Waals surface area contributed by atoms with Gasteiger partial charge in [-0.25, -0.2) is 4.79 Å². The molecule has 1 aromatic carbocycles. The minimum Gasteiger partial charge on any atom is -0.449 e. The number of benzene rings is 1. The summed E-state index contributed by atoms with van der Waals surface area (Å²) >= 11 is 0. The molecule has 5 nitrogen and oxygen atoms in total. The highest BCUT2D eigenvalue weighted by Gasteiger charge is 2.10. The molecule has 0 aliphatic rings. The molecule has 2 amide bonds. The van der Waals surface area contributed by atoms with Crippen LogP contribution in [0.5, 0.6) is 0 Å². The zero-order valence-electron chi connectivity index (χ0n) is 10.2. The summed E-state index contributed by atoms with van der Waals surface area (Å²) in [5, 5.41) is 2.65. The summed E-state index contributed by atoms with van der Waals surface area (Å²) in [6, 6.07) is 6.93. The van der Waals surface area contributed by atoms with Crippen LogP contribution < -0.4 is 10.2 Å². The summed E-state index contributed by atoms with van der Waals surface area (Å²) < 4.78 is 4.87. The van der Waals surface area contributed by atoms with Crippen molar-refractivity contribution >= 4 is 23.4 Å². The Labute approximate surface area is 100 Å². The minimum absolute atomic E-state index is 0.128. The van der Waals surface area contributed by atoms with Crippen LogP contribution >= 0.6 is 0 Å². The van der Waals surface area contributed by atoms with E-state index in [-0.39, 0.29) is 5.91 Å². The van der Waals surface area contributed by atoms with Crippen molar-refractivity contribution in [1.82, 2.24) is 0 Å². The number of ether oxygens (including phenoxy) is 1. The van der Waals surface area contributed by atoms with Gasteiger partial charge in [0, 0.05) is 25.3 Å². The molecule has 0 unspecified atom stereocenters. The fourth-order valence-corrected chi connectivity index (χ4v) is 1.30. The lowest BCUT2D eigenvalue weighted by Gasteiger charge is -2.16. The first-order chi connectivity index (χ1) is 8.04. The Bertz CT molecular complexity index is 401. The van der Waals surface area contributed by atoms with Crippen LogP contribution in [0, 0.1) is 0 Å². The van der Waals surface area contributed by atoms with Crippen molar-refractivity contribution < 1.29 is 14.3 Å². The second kappa shape index (κ2) is 5.89. The van der Waals surface area contributed by atoms with Crippen molar-refractivity contribution in [3.63, 3.8) is 0 Å². The minimum atomic E-state index is -0.403. The van der Waals surface area contributed by atoms with Crippen LogP contribution in [-0.2, 0) is 9.53 Å². The first-order valence-corrected chi connectivity index (χ1v) is 5.32. The molecule has 5 heteroatoms. The molecule has 0 fully saturated rings. The molecule has 17 heavy (non-hydrogen) atoms. The summed E-state index contributed by atoms with van der Waals surface area (Å²) in [5.41, 5.74) is 1.40. The summed E-state index contributed by atoms with van der Waals surface area (Å²) in [7, 11) is 1.63. The van der Waals surface area contributed by atoms with E-state index in [4.69, 9.17) is 4.74 Å². The van der Waals surface area contributed by atoms with E-state index < -0.39 is 6.09 Å². The van der Waals surface area contributed by atoms with Gasteiger partial charge in [0.1, 0.15) is 0 Å². The number of amides is 2. The molecule has 1 aromatic rings. The molecule has 0 spiro atoms. The normalized spacial score (nSPS) is 9.59. The molecule has 0 saturated heterocycles. The third-order valence-electron chi connectivity index (χ3n) is 2.12. The van der Waals surface area contributed by atoms with Crippen molar-refractivity contribution in [2.75, 3.05) is 23.9 Å². The van der Waals surface area contributed by atoms with Crippen molar-refractivity contribution in [2.45, 2.75) is 13.8 Å². The van der Waals surface area contributed by atoms with E-state index in [1.54, 1.807) is 38.2 Å². The van der Waals surface area contributed by atoms with E-state index in [9.17, 15) is 9.59 Å². The van der Waals surface area contributed by atoms with E-state index in [0.717, 1.165) is 0 Å². The summed E-state index contributed by atoms with van der Waals surface area (Å²) in [6.45, 7) is 3.54. The molecular weight excluding hydrogens is 220 g/mol. The van der Waals surface area contributed by atoms with Crippen molar-refractivity contribution in [3.8, 4) is 0 Å². The fraction of sp³-hybridized carbons (Fsp3) is 0.333. The van der Waals surface area contributed by atoms with Gasteiger partial charge in [-0.1, -0.05) is 0 Å². The van der Waals surface area contributed by atoms with E-state index in [1.165, 1.54) is 11.8 Å². The Kier molecular flexibility index (Phi) is 4.51. The lowest BCUT2D eigenvalue weighted by molar-refractivity contribution is -0.114. The van der Waals surface area contributed by atoms with Gasteiger partial charge in [0.25, 0.3) is 0 Å². The van der Waals surface area contributed by atoms with Gasteiger partial charge in [-0.05, 0) is 31.2 Å². The van der Waals surface area contributed by atoms with Crippen LogP contribution in [0.4, 0.5) is 16.2 Å². The average Bonchev–Trinajstić information content (AvgIpc) is 2.28. The predicted molar refractivity (Wildman–Crippen MR) is 66.2 cm³/mol. The molecule has 0 heterocycles. The standard InChI is InChI=1S/C12H16N2O3/c1-4-17-12(16)14(3)11-7-5-10(6-8-11)13-9(2)15/h5-8H,4H2,1-3H3,(H,13,15). The second-order valence-electron chi connectivity index (χ2n) is 3.49. The Morgan fingerprint density at radius 1 is 1.29 bits per heavy atom. The Morgan fingerprint density at radius 3 is 2.35 bits per heavy atom. The monoisotopic (exact) mass is 236 g/mol. The van der Waals surface area contributed by atoms with Gasteiger partial charge < -0.3 is 10.1 Å². The maximum Gasteiger partial charge on any atom is 0.413 e. The smallest absolute Gasteiger partial charge is 0.413 e. The van der Waals surface area contributed by atoms with Gasteiger partial charge in [0.2, 0.25) is 5.91 Å². The van der Waals surface area contributed by atoms with Gasteiger partial charge in [-0.3, -0.25) is 9.69 Å². The van der Waals surface area contributed by atoms with Gasteiger partial charge in [-0.15, -0.1) is 0 Å². The Morgan fingerprint density at radius 2 is 1.88 bits per heavy atom. The molecule has 1 N–H and O–H groups in total. The van der Waals surface area contributed by atoms with Gasteiger partial charge >= 0.3 is 6.09 Å². The summed E-state index contributed by atoms with van der Waals surface area (Å²) in [6.07, 6.45) is -0.403. The molecule has 0 aliphatic heterocycles. The number of anilines is 2. The second-order valence-corrected chi connectivity index (χ2v) is 3.49. The predicted octanol–water partition coefficient (Wildman–Crippen LogP) is 2.24. The van der Waals surface area contributed by atoms with Crippen molar-refractivity contribution in [3.05, 3.63) is 24.3 Å². The number of carbonyl (C=O) groups is 2. The van der Waals surface area contributed by atoms with Crippen molar-refractivity contribution in [2.24, 2.45) is 0 Å². The van der Waals surface area contributed by atoms with E-state index in [0.29, 0.717) is 18.0 Å². The largest absolute Gasteiger partial charge is 0.449 e. The number of hydrogen-bond acceptors (Lipinski definition) is 3. The van der Waals surface area contributed by atoms with Gasteiger partial charge in [0.05, 0.1) is 6.61 Å². The highest BCUT2D eigenvalue weighted by atomic mass is 16.6. The SMILES string of the molecule is CCOC(=O)N(C)c1ccc(NC(C)=O)cc1. The van der Waals surface area contributed by atoms with Crippen LogP contribution in [0.15, 0.2) is 24.3 Å². The molecule has 0 aromatic heterocycles. The maximum absolute atomic E-state index is 11.4. The quantitative estimate of drug-likeness (QED) is 0.875. The van der Waals surface area contributed by atoms with E-state index in [2.05, 4.69) is 5.32 Å². The Balaban J connectivity index is 2.73. The van der Waals surface area contributed by atoms with Crippen LogP contribution in [0.3, 0.4) is 0 Å². The lowest BCUT2D eigenvalue weighted by Crippen LogP contribution is -2.26. The molecule has 0 radical (unpaired) electrons. The summed E-state index contributed by atoms with van der Waals surface area (Å²) in [5.74, 6) is -0.128.